The van der Waals surface area contributed by atoms with Crippen LogP contribution in [-0.4, -0.2) is 16.9 Å². The Bertz CT molecular complexity index is 1050. The lowest BCUT2D eigenvalue weighted by atomic mass is 9.74. The number of ketones is 1. The van der Waals surface area contributed by atoms with Gasteiger partial charge in [-0.2, -0.15) is 0 Å². The molecule has 1 aliphatic heterocycles. The number of allylic oxidation sites excluding steroid dienone is 3. The van der Waals surface area contributed by atoms with Gasteiger partial charge in [-0.25, -0.2) is 0 Å². The van der Waals surface area contributed by atoms with Crippen LogP contribution >= 0.6 is 31.9 Å². The van der Waals surface area contributed by atoms with Crippen LogP contribution in [0.1, 0.15) is 27.4 Å². The predicted molar refractivity (Wildman–Crippen MR) is 103 cm³/mol. The van der Waals surface area contributed by atoms with Crippen molar-refractivity contribution >= 4 is 43.6 Å². The van der Waals surface area contributed by atoms with Gasteiger partial charge in [-0.3, -0.25) is 4.79 Å². The van der Waals surface area contributed by atoms with Gasteiger partial charge in [-0.05, 0) is 49.6 Å². The molecule has 0 amide bonds. The lowest BCUT2D eigenvalue weighted by molar-refractivity contribution is -0.255. The zero-order valence-electron chi connectivity index (χ0n) is 13.6. The number of ether oxygens (including phenoxy) is 1. The number of phenols is 1. The third-order valence-corrected chi connectivity index (χ3v) is 6.27. The third kappa shape index (κ3) is 2.82. The highest BCUT2D eigenvalue weighted by Crippen LogP contribution is 2.53. The monoisotopic (exact) mass is 489 g/mol. The van der Waals surface area contributed by atoms with E-state index >= 15 is 0 Å². The molecular formula is C20H11Br2O5-. The van der Waals surface area contributed by atoms with Crippen molar-refractivity contribution in [2.24, 2.45) is 5.92 Å². The van der Waals surface area contributed by atoms with Crippen molar-refractivity contribution in [1.29, 1.82) is 0 Å². The van der Waals surface area contributed by atoms with Crippen LogP contribution in [-0.2, 0) is 4.79 Å². The molecular weight excluding hydrogens is 480 g/mol. The molecule has 0 saturated carbocycles. The standard InChI is InChI=1S/C20H12Br2O5/c21-16-13(23)7-5-11-15(9-3-1-2-4-10(9)20(25)26)12-6-8-14(24)17(22)19(12)27-18(11)16/h1-8,11,15,24H,(H,25,26)/p-1/t11-,15+/m1/s1. The molecule has 0 aromatic heterocycles. The Morgan fingerprint density at radius 2 is 1.85 bits per heavy atom. The van der Waals surface area contributed by atoms with Crippen molar-refractivity contribution in [2.75, 3.05) is 0 Å². The van der Waals surface area contributed by atoms with E-state index in [1.807, 2.05) is 0 Å². The molecule has 0 bridgehead atoms. The van der Waals surface area contributed by atoms with E-state index < -0.39 is 11.9 Å². The van der Waals surface area contributed by atoms with Gasteiger partial charge in [0.05, 0.1) is 5.97 Å². The van der Waals surface area contributed by atoms with Crippen molar-refractivity contribution in [2.45, 2.75) is 5.92 Å². The van der Waals surface area contributed by atoms with Crippen molar-refractivity contribution in [3.05, 3.63) is 80.0 Å². The molecule has 2 aromatic carbocycles. The number of benzene rings is 2. The Balaban J connectivity index is 2.03. The van der Waals surface area contributed by atoms with Crippen LogP contribution in [0.25, 0.3) is 0 Å². The number of rotatable bonds is 2. The number of aromatic hydroxyl groups is 1. The Morgan fingerprint density at radius 1 is 1.11 bits per heavy atom. The number of halogens is 2. The highest BCUT2D eigenvalue weighted by molar-refractivity contribution is 9.12. The van der Waals surface area contributed by atoms with Crippen LogP contribution in [0.2, 0.25) is 0 Å². The molecule has 1 N–H and O–H groups in total. The highest BCUT2D eigenvalue weighted by Gasteiger charge is 2.40. The fourth-order valence-corrected chi connectivity index (χ4v) is 4.44. The van der Waals surface area contributed by atoms with Crippen molar-refractivity contribution < 1.29 is 24.5 Å². The second-order valence-corrected chi connectivity index (χ2v) is 7.78. The first-order valence-corrected chi connectivity index (χ1v) is 9.60. The van der Waals surface area contributed by atoms with E-state index in [1.165, 1.54) is 18.2 Å². The normalized spacial score (nSPS) is 20.7. The first-order valence-electron chi connectivity index (χ1n) is 8.01. The second kappa shape index (κ2) is 6.65. The molecule has 1 heterocycles. The summed E-state index contributed by atoms with van der Waals surface area (Å²) in [5, 5.41) is 21.7. The number of hydrogen-bond acceptors (Lipinski definition) is 5. The maximum Gasteiger partial charge on any atom is 0.195 e. The summed E-state index contributed by atoms with van der Waals surface area (Å²) in [5.41, 5.74) is 1.31. The molecule has 136 valence electrons. The largest absolute Gasteiger partial charge is 0.545 e. The quantitative estimate of drug-likeness (QED) is 0.697. The van der Waals surface area contributed by atoms with E-state index in [1.54, 1.807) is 30.3 Å². The summed E-state index contributed by atoms with van der Waals surface area (Å²) in [6.07, 6.45) is 3.15. The van der Waals surface area contributed by atoms with E-state index in [0.29, 0.717) is 27.1 Å². The first-order chi connectivity index (χ1) is 12.9. The SMILES string of the molecule is O=C1C=C[C@H]2C(=C1Br)Oc1c(ccc(O)c1Br)[C@H]2c1ccccc1C(=O)[O-]. The number of carbonyl (C=O) groups excluding carboxylic acids is 2. The fourth-order valence-electron chi connectivity index (χ4n) is 3.52. The number of carboxylic acids is 1. The second-order valence-electron chi connectivity index (χ2n) is 6.20. The molecule has 2 atom stereocenters. The molecule has 7 heteroatoms. The molecule has 0 saturated heterocycles. The number of phenolic OH excluding ortho intramolecular Hbond substituents is 1. The predicted octanol–water partition coefficient (Wildman–Crippen LogP) is 3.40. The van der Waals surface area contributed by atoms with Crippen molar-refractivity contribution in [3.8, 4) is 11.5 Å². The average molecular weight is 491 g/mol. The minimum Gasteiger partial charge on any atom is -0.545 e. The molecule has 2 aliphatic rings. The molecule has 5 nitrogen and oxygen atoms in total. The highest BCUT2D eigenvalue weighted by atomic mass is 79.9. The number of fused-ring (bicyclic) bond motifs is 2. The minimum absolute atomic E-state index is 0.0199. The molecule has 27 heavy (non-hydrogen) atoms. The van der Waals surface area contributed by atoms with Crippen molar-refractivity contribution in [3.63, 3.8) is 0 Å². The first kappa shape index (κ1) is 18.0. The van der Waals surface area contributed by atoms with Crippen LogP contribution in [0, 0.1) is 5.92 Å². The molecule has 2 aromatic rings. The Morgan fingerprint density at radius 3 is 2.59 bits per heavy atom. The summed E-state index contributed by atoms with van der Waals surface area (Å²) >= 11 is 6.61. The fraction of sp³-hybridized carbons (Fsp3) is 0.100. The summed E-state index contributed by atoms with van der Waals surface area (Å²) in [7, 11) is 0. The maximum atomic E-state index is 12.1. The van der Waals surface area contributed by atoms with Gasteiger partial charge < -0.3 is 19.7 Å². The maximum absolute atomic E-state index is 12.1. The van der Waals surface area contributed by atoms with Gasteiger partial charge >= 0.3 is 0 Å². The van der Waals surface area contributed by atoms with E-state index in [-0.39, 0.29) is 27.5 Å². The number of carbonyl (C=O) groups is 2. The van der Waals surface area contributed by atoms with Crippen LogP contribution in [0.15, 0.2) is 63.3 Å². The lowest BCUT2D eigenvalue weighted by Crippen LogP contribution is -2.31. The number of hydrogen-bond donors (Lipinski definition) is 1. The van der Waals surface area contributed by atoms with E-state index in [0.717, 1.165) is 0 Å². The van der Waals surface area contributed by atoms with E-state index in [2.05, 4.69) is 31.9 Å². The van der Waals surface area contributed by atoms with E-state index in [4.69, 9.17) is 4.74 Å². The smallest absolute Gasteiger partial charge is 0.195 e. The topological polar surface area (TPSA) is 86.7 Å². The molecule has 0 radical (unpaired) electrons. The summed E-state index contributed by atoms with van der Waals surface area (Å²) in [6, 6.07) is 9.81. The Hall–Kier alpha value is -2.38. The van der Waals surface area contributed by atoms with Crippen LogP contribution < -0.4 is 9.84 Å². The van der Waals surface area contributed by atoms with Crippen LogP contribution in [0.4, 0.5) is 0 Å². The van der Waals surface area contributed by atoms with Gasteiger partial charge in [0.15, 0.2) is 5.78 Å². The van der Waals surface area contributed by atoms with Gasteiger partial charge in [-0.15, -0.1) is 0 Å². The Kier molecular flexibility index (Phi) is 4.44. The minimum atomic E-state index is -1.28. The Labute approximate surface area is 171 Å². The number of aromatic carboxylic acids is 1. The van der Waals surface area contributed by atoms with Gasteiger partial charge in [0.2, 0.25) is 0 Å². The third-order valence-electron chi connectivity index (χ3n) is 4.72. The molecule has 0 unspecified atom stereocenters. The summed E-state index contributed by atoms with van der Waals surface area (Å²) < 4.78 is 6.58. The summed E-state index contributed by atoms with van der Waals surface area (Å²) in [5.74, 6) is -1.65. The van der Waals surface area contributed by atoms with Gasteiger partial charge in [0.25, 0.3) is 0 Å². The molecule has 1 aliphatic carbocycles. The zero-order chi connectivity index (χ0) is 19.3. The average Bonchev–Trinajstić information content (AvgIpc) is 2.66. The molecule has 0 fully saturated rings. The zero-order valence-corrected chi connectivity index (χ0v) is 16.8. The van der Waals surface area contributed by atoms with Crippen LogP contribution in [0.3, 0.4) is 0 Å². The van der Waals surface area contributed by atoms with E-state index in [9.17, 15) is 19.8 Å². The van der Waals surface area contributed by atoms with Gasteiger partial charge in [-0.1, -0.05) is 36.4 Å². The van der Waals surface area contributed by atoms with Gasteiger partial charge in [0.1, 0.15) is 26.2 Å². The molecule has 4 rings (SSSR count). The van der Waals surface area contributed by atoms with Gasteiger partial charge in [0, 0.05) is 23.0 Å². The molecule has 0 spiro atoms. The van der Waals surface area contributed by atoms with Crippen LogP contribution in [0.5, 0.6) is 11.5 Å². The van der Waals surface area contributed by atoms with Crippen molar-refractivity contribution in [1.82, 2.24) is 0 Å². The lowest BCUT2D eigenvalue weighted by Gasteiger charge is -2.37. The number of carboxylic acid groups (broad SMARTS) is 1. The summed E-state index contributed by atoms with van der Waals surface area (Å²) in [4.78, 5) is 23.8. The summed E-state index contributed by atoms with van der Waals surface area (Å²) in [6.45, 7) is 0.